The van der Waals surface area contributed by atoms with Gasteiger partial charge in [0.05, 0.1) is 0 Å². The van der Waals surface area contributed by atoms with E-state index in [0.717, 1.165) is 26.1 Å². The molecule has 0 atom stereocenters. The fraction of sp³-hybridized carbons (Fsp3) is 0.571. The zero-order valence-corrected chi connectivity index (χ0v) is 10.2. The van der Waals surface area contributed by atoms with Gasteiger partial charge in [-0.1, -0.05) is 18.2 Å². The summed E-state index contributed by atoms with van der Waals surface area (Å²) < 4.78 is 0. The first-order valence-electron chi connectivity index (χ1n) is 6.08. The average Bonchev–Trinajstić information content (AvgIpc) is 2.21. The summed E-state index contributed by atoms with van der Waals surface area (Å²) in [6.07, 6.45) is 1.12. The van der Waals surface area contributed by atoms with Crippen LogP contribution in [0.5, 0.6) is 0 Å². The van der Waals surface area contributed by atoms with Gasteiger partial charge < -0.3 is 10.0 Å². The van der Waals surface area contributed by atoms with Crippen molar-refractivity contribution in [1.29, 1.82) is 0 Å². The molecule has 1 aliphatic rings. The Hall–Kier alpha value is -0.860. The molecular weight excluding hydrogens is 198 g/mol. The van der Waals surface area contributed by atoms with Crippen molar-refractivity contribution in [2.45, 2.75) is 20.3 Å². The van der Waals surface area contributed by atoms with E-state index in [1.54, 1.807) is 0 Å². The summed E-state index contributed by atoms with van der Waals surface area (Å²) in [5.41, 5.74) is 4.18. The van der Waals surface area contributed by atoms with Crippen molar-refractivity contribution < 1.29 is 5.11 Å². The molecule has 0 amide bonds. The van der Waals surface area contributed by atoms with Crippen molar-refractivity contribution in [1.82, 2.24) is 4.90 Å². The highest BCUT2D eigenvalue weighted by atomic mass is 16.3. The Labute approximate surface area is 97.9 Å². The Kier molecular flexibility index (Phi) is 3.62. The van der Waals surface area contributed by atoms with Gasteiger partial charge in [0.2, 0.25) is 0 Å². The van der Waals surface area contributed by atoms with Crippen LogP contribution >= 0.6 is 0 Å². The second-order valence-electron chi connectivity index (χ2n) is 4.98. The van der Waals surface area contributed by atoms with E-state index in [1.807, 2.05) is 0 Å². The van der Waals surface area contributed by atoms with Gasteiger partial charge in [0.25, 0.3) is 0 Å². The summed E-state index contributed by atoms with van der Waals surface area (Å²) in [5.74, 6) is 0.528. The van der Waals surface area contributed by atoms with Crippen LogP contribution in [0.3, 0.4) is 0 Å². The zero-order valence-electron chi connectivity index (χ0n) is 10.2. The minimum atomic E-state index is 0.347. The molecular formula is C14H21NO. The van der Waals surface area contributed by atoms with Crippen LogP contribution in [-0.2, 0) is 6.42 Å². The Bertz CT molecular complexity index is 356. The van der Waals surface area contributed by atoms with Crippen molar-refractivity contribution in [3.05, 3.63) is 34.9 Å². The molecule has 1 aliphatic heterocycles. The van der Waals surface area contributed by atoms with Crippen molar-refractivity contribution in [2.24, 2.45) is 5.92 Å². The van der Waals surface area contributed by atoms with Crippen LogP contribution in [-0.4, -0.2) is 36.2 Å². The lowest BCUT2D eigenvalue weighted by molar-refractivity contribution is 0.0551. The van der Waals surface area contributed by atoms with E-state index >= 15 is 0 Å². The predicted octanol–water partition coefficient (Wildman–Crippen LogP) is 1.77. The monoisotopic (exact) mass is 219 g/mol. The van der Waals surface area contributed by atoms with Crippen LogP contribution in [0.2, 0.25) is 0 Å². The molecule has 1 fully saturated rings. The van der Waals surface area contributed by atoms with Gasteiger partial charge in [0.1, 0.15) is 0 Å². The molecule has 16 heavy (non-hydrogen) atoms. The van der Waals surface area contributed by atoms with Gasteiger partial charge in [-0.3, -0.25) is 0 Å². The lowest BCUT2D eigenvalue weighted by Crippen LogP contribution is -2.48. The summed E-state index contributed by atoms with van der Waals surface area (Å²) in [4.78, 5) is 2.41. The number of aliphatic hydroxyl groups is 1. The zero-order chi connectivity index (χ0) is 11.5. The standard InChI is InChI=1S/C14H21NO/c1-11-3-4-13(7-12(11)2)5-6-15-8-14(9-15)10-16/h3-4,7,14,16H,5-6,8-10H2,1-2H3. The fourth-order valence-electron chi connectivity index (χ4n) is 2.22. The van der Waals surface area contributed by atoms with Crippen LogP contribution in [0.4, 0.5) is 0 Å². The maximum atomic E-state index is 8.93. The number of aryl methyl sites for hydroxylation is 2. The van der Waals surface area contributed by atoms with Gasteiger partial charge in [-0.05, 0) is 37.0 Å². The smallest absolute Gasteiger partial charge is 0.0483 e. The second-order valence-corrected chi connectivity index (χ2v) is 4.98. The maximum Gasteiger partial charge on any atom is 0.0483 e. The lowest BCUT2D eigenvalue weighted by atomic mass is 9.99. The van der Waals surface area contributed by atoms with Crippen LogP contribution in [0.15, 0.2) is 18.2 Å². The van der Waals surface area contributed by atoms with E-state index < -0.39 is 0 Å². The number of likely N-dealkylation sites (tertiary alicyclic amines) is 1. The summed E-state index contributed by atoms with van der Waals surface area (Å²) in [7, 11) is 0. The molecule has 0 saturated carbocycles. The number of rotatable bonds is 4. The number of benzene rings is 1. The van der Waals surface area contributed by atoms with Crippen molar-refractivity contribution in [3.8, 4) is 0 Å². The van der Waals surface area contributed by atoms with Gasteiger partial charge in [0, 0.05) is 32.2 Å². The fourth-order valence-corrected chi connectivity index (χ4v) is 2.22. The van der Waals surface area contributed by atoms with Crippen LogP contribution in [0.1, 0.15) is 16.7 Å². The number of aliphatic hydroxyl groups excluding tert-OH is 1. The van der Waals surface area contributed by atoms with Gasteiger partial charge >= 0.3 is 0 Å². The third-order valence-corrected chi connectivity index (χ3v) is 3.58. The molecule has 0 bridgehead atoms. The number of nitrogens with zero attached hydrogens (tertiary/aromatic N) is 1. The summed E-state index contributed by atoms with van der Waals surface area (Å²) in [5, 5.41) is 8.93. The van der Waals surface area contributed by atoms with Crippen molar-refractivity contribution in [2.75, 3.05) is 26.2 Å². The summed E-state index contributed by atoms with van der Waals surface area (Å²) in [6, 6.07) is 6.72. The SMILES string of the molecule is Cc1ccc(CCN2CC(CO)C2)cc1C. The third-order valence-electron chi connectivity index (χ3n) is 3.58. The molecule has 2 rings (SSSR count). The highest BCUT2D eigenvalue weighted by molar-refractivity contribution is 5.30. The topological polar surface area (TPSA) is 23.5 Å². The molecule has 88 valence electrons. The van der Waals surface area contributed by atoms with Gasteiger partial charge in [0.15, 0.2) is 0 Å². The predicted molar refractivity (Wildman–Crippen MR) is 66.6 cm³/mol. The first kappa shape index (κ1) is 11.6. The second kappa shape index (κ2) is 4.98. The van der Waals surface area contributed by atoms with Crippen LogP contribution < -0.4 is 0 Å². The van der Waals surface area contributed by atoms with Gasteiger partial charge in [-0.15, -0.1) is 0 Å². The summed E-state index contributed by atoms with van der Waals surface area (Å²) >= 11 is 0. The van der Waals surface area contributed by atoms with Crippen molar-refractivity contribution >= 4 is 0 Å². The minimum Gasteiger partial charge on any atom is -0.396 e. The first-order chi connectivity index (χ1) is 7.69. The molecule has 0 aromatic heterocycles. The largest absolute Gasteiger partial charge is 0.396 e. The third kappa shape index (κ3) is 2.63. The van der Waals surface area contributed by atoms with Crippen molar-refractivity contribution in [3.63, 3.8) is 0 Å². The number of hydrogen-bond donors (Lipinski definition) is 1. The first-order valence-corrected chi connectivity index (χ1v) is 6.08. The van der Waals surface area contributed by atoms with Gasteiger partial charge in [-0.25, -0.2) is 0 Å². The quantitative estimate of drug-likeness (QED) is 0.834. The van der Waals surface area contributed by atoms with E-state index in [4.69, 9.17) is 5.11 Å². The van der Waals surface area contributed by atoms with E-state index in [1.165, 1.54) is 16.7 Å². The number of hydrogen-bond acceptors (Lipinski definition) is 2. The molecule has 0 unspecified atom stereocenters. The van der Waals surface area contributed by atoms with Crippen LogP contribution in [0, 0.1) is 19.8 Å². The molecule has 1 N–H and O–H groups in total. The molecule has 2 heteroatoms. The van der Waals surface area contributed by atoms with E-state index in [-0.39, 0.29) is 0 Å². The minimum absolute atomic E-state index is 0.347. The normalized spacial score (nSPS) is 17.4. The molecule has 1 heterocycles. The van der Waals surface area contributed by atoms with Crippen LogP contribution in [0.25, 0.3) is 0 Å². The highest BCUT2D eigenvalue weighted by Gasteiger charge is 2.24. The molecule has 2 nitrogen and oxygen atoms in total. The van der Waals surface area contributed by atoms with E-state index in [0.29, 0.717) is 12.5 Å². The molecule has 1 aromatic rings. The maximum absolute atomic E-state index is 8.93. The Balaban J connectivity index is 1.80. The van der Waals surface area contributed by atoms with Gasteiger partial charge in [-0.2, -0.15) is 0 Å². The summed E-state index contributed by atoms with van der Waals surface area (Å²) in [6.45, 7) is 7.94. The molecule has 1 aromatic carbocycles. The Morgan fingerprint density at radius 1 is 1.25 bits per heavy atom. The van der Waals surface area contributed by atoms with E-state index in [2.05, 4.69) is 36.9 Å². The average molecular weight is 219 g/mol. The molecule has 0 aliphatic carbocycles. The Morgan fingerprint density at radius 3 is 2.62 bits per heavy atom. The van der Waals surface area contributed by atoms with E-state index in [9.17, 15) is 0 Å². The highest BCUT2D eigenvalue weighted by Crippen LogP contribution is 2.16. The Morgan fingerprint density at radius 2 is 2.00 bits per heavy atom. The molecule has 0 radical (unpaired) electrons. The lowest BCUT2D eigenvalue weighted by Gasteiger charge is -2.38. The molecule has 1 saturated heterocycles. The molecule has 0 spiro atoms.